The normalized spacial score (nSPS) is 29.2. The third-order valence-corrected chi connectivity index (χ3v) is 6.96. The van der Waals surface area contributed by atoms with Crippen LogP contribution in [0, 0.1) is 5.41 Å². The Balaban J connectivity index is 1.24. The van der Waals surface area contributed by atoms with Crippen LogP contribution in [0.1, 0.15) is 70.3 Å². The highest BCUT2D eigenvalue weighted by Crippen LogP contribution is 2.42. The highest BCUT2D eigenvalue weighted by atomic mass is 16.2. The third-order valence-electron chi connectivity index (χ3n) is 6.96. The van der Waals surface area contributed by atoms with E-state index in [4.69, 9.17) is 0 Å². The van der Waals surface area contributed by atoms with Crippen LogP contribution >= 0.6 is 0 Å². The van der Waals surface area contributed by atoms with Crippen LogP contribution in [0.25, 0.3) is 0 Å². The van der Waals surface area contributed by atoms with E-state index in [1.807, 2.05) is 0 Å². The minimum atomic E-state index is -0.451. The lowest BCUT2D eigenvalue weighted by Crippen LogP contribution is -2.46. The molecule has 0 aromatic heterocycles. The predicted molar refractivity (Wildman–Crippen MR) is 115 cm³/mol. The maximum absolute atomic E-state index is 12.3. The fraction of sp³-hybridized carbons (Fsp3) is 0.652. The molecule has 6 heteroatoms. The molecule has 4 N–H and O–H groups in total. The first-order chi connectivity index (χ1) is 13.9. The van der Waals surface area contributed by atoms with E-state index in [9.17, 15) is 9.59 Å². The Morgan fingerprint density at radius 1 is 1.03 bits per heavy atom. The Morgan fingerprint density at radius 2 is 1.72 bits per heavy atom. The Hall–Kier alpha value is -2.24. The number of anilines is 1. The summed E-state index contributed by atoms with van der Waals surface area (Å²) in [6.07, 6.45) is 8.13. The van der Waals surface area contributed by atoms with Gasteiger partial charge in [-0.2, -0.15) is 0 Å². The van der Waals surface area contributed by atoms with Crippen molar-refractivity contribution in [2.24, 2.45) is 5.41 Å². The molecule has 1 aromatic rings. The fourth-order valence-corrected chi connectivity index (χ4v) is 4.98. The molecule has 1 aliphatic heterocycles. The summed E-state index contributed by atoms with van der Waals surface area (Å²) in [6, 6.07) is 8.82. The van der Waals surface area contributed by atoms with Crippen molar-refractivity contribution in [3.8, 4) is 0 Å². The van der Waals surface area contributed by atoms with Gasteiger partial charge in [-0.05, 0) is 74.0 Å². The highest BCUT2D eigenvalue weighted by Gasteiger charge is 2.31. The lowest BCUT2D eigenvalue weighted by molar-refractivity contribution is -0.123. The average molecular weight is 399 g/mol. The van der Waals surface area contributed by atoms with Gasteiger partial charge in [0.15, 0.2) is 0 Å². The van der Waals surface area contributed by atoms with Gasteiger partial charge in [-0.15, -0.1) is 0 Å². The summed E-state index contributed by atoms with van der Waals surface area (Å²) in [5, 5.41) is 12.0. The van der Waals surface area contributed by atoms with Gasteiger partial charge >= 0.3 is 6.03 Å². The summed E-state index contributed by atoms with van der Waals surface area (Å²) in [5.74, 6) is 0.614. The zero-order valence-electron chi connectivity index (χ0n) is 17.6. The first-order valence-electron chi connectivity index (χ1n) is 11.1. The molecule has 4 rings (SSSR count). The van der Waals surface area contributed by atoms with Crippen molar-refractivity contribution in [2.75, 3.05) is 11.9 Å². The van der Waals surface area contributed by atoms with E-state index in [-0.39, 0.29) is 18.0 Å². The molecule has 3 amide bonds. The number of carbonyl (C=O) groups excluding carboxylic acids is 2. The van der Waals surface area contributed by atoms with Crippen LogP contribution in [0.15, 0.2) is 24.3 Å². The van der Waals surface area contributed by atoms with Gasteiger partial charge in [-0.3, -0.25) is 4.79 Å². The smallest absolute Gasteiger partial charge is 0.315 e. The van der Waals surface area contributed by atoms with E-state index in [0.29, 0.717) is 23.9 Å². The molecular formula is C23H34N4O2. The standard InChI is InChI=1S/C23H34N4O2/c1-23(2)11-9-16(10-12-23)15-3-5-17(6-4-15)25-18-7-8-19(13-18)26-21(28)20-14-24-22(29)27-20/h3-6,16,18-20,25H,7-14H2,1-2H3,(H,26,28)(H2,24,27,29). The molecule has 1 saturated heterocycles. The van der Waals surface area contributed by atoms with Gasteiger partial charge in [0.05, 0.1) is 0 Å². The van der Waals surface area contributed by atoms with Gasteiger partial charge in [0, 0.05) is 24.3 Å². The topological polar surface area (TPSA) is 82.3 Å². The van der Waals surface area contributed by atoms with Crippen LogP contribution in [-0.4, -0.2) is 36.6 Å². The minimum absolute atomic E-state index is 0.0889. The van der Waals surface area contributed by atoms with Gasteiger partial charge < -0.3 is 21.3 Å². The number of benzene rings is 1. The highest BCUT2D eigenvalue weighted by molar-refractivity contribution is 5.90. The Morgan fingerprint density at radius 3 is 2.38 bits per heavy atom. The second-order valence-corrected chi connectivity index (χ2v) is 9.83. The molecule has 6 nitrogen and oxygen atoms in total. The monoisotopic (exact) mass is 398 g/mol. The maximum Gasteiger partial charge on any atom is 0.315 e. The van der Waals surface area contributed by atoms with Gasteiger partial charge in [0.25, 0.3) is 0 Å². The van der Waals surface area contributed by atoms with Crippen LogP contribution in [0.3, 0.4) is 0 Å². The van der Waals surface area contributed by atoms with E-state index < -0.39 is 6.04 Å². The van der Waals surface area contributed by atoms with Gasteiger partial charge in [0.2, 0.25) is 5.91 Å². The van der Waals surface area contributed by atoms with E-state index in [0.717, 1.165) is 24.9 Å². The number of carbonyl (C=O) groups is 2. The molecule has 0 spiro atoms. The first-order valence-corrected chi connectivity index (χ1v) is 11.1. The van der Waals surface area contributed by atoms with Crippen LogP contribution in [0.2, 0.25) is 0 Å². The molecule has 158 valence electrons. The molecule has 3 unspecified atom stereocenters. The molecule has 2 aliphatic carbocycles. The van der Waals surface area contributed by atoms with Crippen LogP contribution in [0.5, 0.6) is 0 Å². The maximum atomic E-state index is 12.3. The molecule has 1 heterocycles. The quantitative estimate of drug-likeness (QED) is 0.613. The number of hydrogen-bond donors (Lipinski definition) is 4. The Labute approximate surface area is 173 Å². The summed E-state index contributed by atoms with van der Waals surface area (Å²) >= 11 is 0. The molecule has 3 fully saturated rings. The zero-order valence-corrected chi connectivity index (χ0v) is 17.6. The predicted octanol–water partition coefficient (Wildman–Crippen LogP) is 3.50. The summed E-state index contributed by atoms with van der Waals surface area (Å²) in [5.41, 5.74) is 3.13. The second-order valence-electron chi connectivity index (χ2n) is 9.83. The number of hydrogen-bond acceptors (Lipinski definition) is 3. The Kier molecular flexibility index (Phi) is 5.70. The minimum Gasteiger partial charge on any atom is -0.382 e. The van der Waals surface area contributed by atoms with E-state index >= 15 is 0 Å². The van der Waals surface area contributed by atoms with Crippen molar-refractivity contribution < 1.29 is 9.59 Å². The van der Waals surface area contributed by atoms with Crippen molar-refractivity contribution in [1.29, 1.82) is 0 Å². The van der Waals surface area contributed by atoms with Crippen molar-refractivity contribution in [3.63, 3.8) is 0 Å². The van der Waals surface area contributed by atoms with Crippen LogP contribution in [0.4, 0.5) is 10.5 Å². The molecule has 3 aliphatic rings. The number of rotatable bonds is 5. The first kappa shape index (κ1) is 20.0. The second kappa shape index (κ2) is 8.25. The van der Waals surface area contributed by atoms with E-state index in [1.165, 1.54) is 31.2 Å². The lowest BCUT2D eigenvalue weighted by Gasteiger charge is -2.34. The molecule has 3 atom stereocenters. The summed E-state index contributed by atoms with van der Waals surface area (Å²) < 4.78 is 0. The molecule has 1 aromatic carbocycles. The van der Waals surface area contributed by atoms with Crippen LogP contribution in [-0.2, 0) is 4.79 Å². The number of nitrogens with one attached hydrogen (secondary N) is 4. The summed E-state index contributed by atoms with van der Waals surface area (Å²) in [7, 11) is 0. The fourth-order valence-electron chi connectivity index (χ4n) is 4.98. The molecule has 0 bridgehead atoms. The lowest BCUT2D eigenvalue weighted by atomic mass is 9.71. The van der Waals surface area contributed by atoms with Crippen LogP contribution < -0.4 is 21.3 Å². The van der Waals surface area contributed by atoms with Crippen molar-refractivity contribution in [2.45, 2.75) is 82.8 Å². The SMILES string of the molecule is CC1(C)CCC(c2ccc(NC3CCC(NC(=O)C4CNC(=O)N4)C3)cc2)CC1. The molecule has 2 saturated carbocycles. The average Bonchev–Trinajstić information content (AvgIpc) is 3.31. The largest absolute Gasteiger partial charge is 0.382 e. The van der Waals surface area contributed by atoms with Gasteiger partial charge in [-0.1, -0.05) is 26.0 Å². The van der Waals surface area contributed by atoms with E-state index in [1.54, 1.807) is 0 Å². The molecule has 29 heavy (non-hydrogen) atoms. The van der Waals surface area contributed by atoms with E-state index in [2.05, 4.69) is 59.4 Å². The van der Waals surface area contributed by atoms with Crippen molar-refractivity contribution in [3.05, 3.63) is 29.8 Å². The number of urea groups is 1. The summed E-state index contributed by atoms with van der Waals surface area (Å²) in [6.45, 7) is 5.13. The van der Waals surface area contributed by atoms with Gasteiger partial charge in [0.1, 0.15) is 6.04 Å². The molecular weight excluding hydrogens is 364 g/mol. The zero-order chi connectivity index (χ0) is 20.4. The van der Waals surface area contributed by atoms with Gasteiger partial charge in [-0.25, -0.2) is 4.79 Å². The Bertz CT molecular complexity index is 736. The number of amides is 3. The third kappa shape index (κ3) is 5.03. The van der Waals surface area contributed by atoms with Crippen molar-refractivity contribution in [1.82, 2.24) is 16.0 Å². The van der Waals surface area contributed by atoms with Crippen molar-refractivity contribution >= 4 is 17.6 Å². The molecule has 0 radical (unpaired) electrons. The summed E-state index contributed by atoms with van der Waals surface area (Å²) in [4.78, 5) is 23.4.